The number of aromatic nitrogens is 1. The molecule has 0 N–H and O–H groups in total. The maximum atomic E-state index is 13.2. The number of anilines is 2. The van der Waals surface area contributed by atoms with Crippen LogP contribution in [-0.2, 0) is 10.0 Å². The third-order valence-corrected chi connectivity index (χ3v) is 6.46. The number of para-hydroxylation sites is 1. The first-order valence-electron chi connectivity index (χ1n) is 7.29. The number of pyridine rings is 1. The number of hydrogen-bond acceptors (Lipinski definition) is 4. The van der Waals surface area contributed by atoms with Gasteiger partial charge in [-0.3, -0.25) is 4.31 Å². The minimum atomic E-state index is -3.65. The van der Waals surface area contributed by atoms with Crippen LogP contribution < -0.4 is 9.21 Å². The topological polar surface area (TPSA) is 53.5 Å². The van der Waals surface area contributed by atoms with Crippen molar-refractivity contribution in [3.63, 3.8) is 0 Å². The third kappa shape index (κ3) is 2.72. The minimum absolute atomic E-state index is 0.249. The monoisotopic (exact) mass is 395 g/mol. The van der Waals surface area contributed by atoms with E-state index in [4.69, 9.17) is 0 Å². The van der Waals surface area contributed by atoms with Gasteiger partial charge in [0.25, 0.3) is 10.0 Å². The van der Waals surface area contributed by atoms with E-state index in [0.29, 0.717) is 23.4 Å². The Morgan fingerprint density at radius 1 is 1.13 bits per heavy atom. The summed E-state index contributed by atoms with van der Waals surface area (Å²) >= 11 is 3.28. The minimum Gasteiger partial charge on any atom is -0.371 e. The van der Waals surface area contributed by atoms with Gasteiger partial charge >= 0.3 is 0 Å². The van der Waals surface area contributed by atoms with Gasteiger partial charge in [-0.2, -0.15) is 0 Å². The van der Waals surface area contributed by atoms with Crippen LogP contribution in [0.3, 0.4) is 0 Å². The Kier molecular flexibility index (Phi) is 4.10. The summed E-state index contributed by atoms with van der Waals surface area (Å²) in [7, 11) is -1.66. The number of sulfonamides is 1. The highest BCUT2D eigenvalue weighted by Gasteiger charge is 2.33. The van der Waals surface area contributed by atoms with E-state index in [0.717, 1.165) is 16.9 Å². The molecule has 1 aromatic carbocycles. The fraction of sp³-hybridized carbons (Fsp3) is 0.312. The van der Waals surface area contributed by atoms with Gasteiger partial charge in [0.1, 0.15) is 9.50 Å². The molecule has 122 valence electrons. The number of halogens is 1. The van der Waals surface area contributed by atoms with E-state index < -0.39 is 10.0 Å². The summed E-state index contributed by atoms with van der Waals surface area (Å²) < 4.78 is 28.5. The van der Waals surface area contributed by atoms with E-state index in [1.807, 2.05) is 32.2 Å². The smallest absolute Gasteiger partial charge is 0.266 e. The van der Waals surface area contributed by atoms with Gasteiger partial charge in [0.05, 0.1) is 23.6 Å². The molecule has 1 aliphatic rings. The number of hydrogen-bond donors (Lipinski definition) is 0. The predicted molar refractivity (Wildman–Crippen MR) is 95.7 cm³/mol. The first-order chi connectivity index (χ1) is 10.8. The number of aryl methyl sites for hydroxylation is 2. The normalized spacial score (nSPS) is 14.8. The SMILES string of the molecule is Cc1cccc2c1N(S(=O)(=O)c1ccc(Br)nc1C)CCN2C. The molecule has 0 aliphatic carbocycles. The zero-order chi connectivity index (χ0) is 16.8. The Morgan fingerprint density at radius 3 is 2.57 bits per heavy atom. The van der Waals surface area contributed by atoms with Crippen molar-refractivity contribution in [2.45, 2.75) is 18.7 Å². The lowest BCUT2D eigenvalue weighted by molar-refractivity contribution is 0.587. The molecule has 23 heavy (non-hydrogen) atoms. The molecule has 0 bridgehead atoms. The molecule has 0 saturated heterocycles. The van der Waals surface area contributed by atoms with Gasteiger partial charge in [0.2, 0.25) is 0 Å². The van der Waals surface area contributed by atoms with Crippen molar-refractivity contribution in [2.75, 3.05) is 29.3 Å². The first-order valence-corrected chi connectivity index (χ1v) is 9.52. The van der Waals surface area contributed by atoms with Gasteiger partial charge in [-0.25, -0.2) is 13.4 Å². The van der Waals surface area contributed by atoms with Crippen LogP contribution in [0.1, 0.15) is 11.3 Å². The summed E-state index contributed by atoms with van der Waals surface area (Å²) in [5.74, 6) is 0. The fourth-order valence-corrected chi connectivity index (χ4v) is 4.99. The summed E-state index contributed by atoms with van der Waals surface area (Å²) in [5.41, 5.74) is 3.12. The summed E-state index contributed by atoms with van der Waals surface area (Å²) in [6.45, 7) is 4.73. The summed E-state index contributed by atoms with van der Waals surface area (Å²) in [6, 6.07) is 9.11. The summed E-state index contributed by atoms with van der Waals surface area (Å²) in [6.07, 6.45) is 0. The summed E-state index contributed by atoms with van der Waals surface area (Å²) in [5, 5.41) is 0. The third-order valence-electron chi connectivity index (χ3n) is 4.09. The van der Waals surface area contributed by atoms with Crippen molar-refractivity contribution in [3.05, 3.63) is 46.2 Å². The van der Waals surface area contributed by atoms with E-state index in [9.17, 15) is 8.42 Å². The van der Waals surface area contributed by atoms with Crippen molar-refractivity contribution in [1.29, 1.82) is 0 Å². The second-order valence-electron chi connectivity index (χ2n) is 5.66. The lowest BCUT2D eigenvalue weighted by Crippen LogP contribution is -2.43. The zero-order valence-electron chi connectivity index (χ0n) is 13.2. The standard InChI is InChI=1S/C16H18BrN3O2S/c1-11-5-4-6-13-16(11)20(10-9-19(13)3)23(21,22)14-7-8-15(17)18-12(14)2/h4-8H,9-10H2,1-3H3. The lowest BCUT2D eigenvalue weighted by Gasteiger charge is -2.37. The molecule has 1 aliphatic heterocycles. The van der Waals surface area contributed by atoms with E-state index in [-0.39, 0.29) is 4.90 Å². The van der Waals surface area contributed by atoms with Crippen LogP contribution in [0.5, 0.6) is 0 Å². The molecule has 0 atom stereocenters. The number of rotatable bonds is 2. The molecule has 0 saturated carbocycles. The summed E-state index contributed by atoms with van der Waals surface area (Å²) in [4.78, 5) is 6.56. The highest BCUT2D eigenvalue weighted by molar-refractivity contribution is 9.10. The number of nitrogens with zero attached hydrogens (tertiary/aromatic N) is 3. The van der Waals surface area contributed by atoms with Crippen LogP contribution in [0.25, 0.3) is 0 Å². The fourth-order valence-electron chi connectivity index (χ4n) is 2.90. The Balaban J connectivity index is 2.18. The van der Waals surface area contributed by atoms with E-state index >= 15 is 0 Å². The van der Waals surface area contributed by atoms with E-state index in [1.54, 1.807) is 19.1 Å². The second kappa shape index (κ2) is 5.79. The molecule has 0 spiro atoms. The largest absolute Gasteiger partial charge is 0.371 e. The molecule has 2 aromatic rings. The Morgan fingerprint density at radius 2 is 1.87 bits per heavy atom. The predicted octanol–water partition coefficient (Wildman–Crippen LogP) is 3.11. The van der Waals surface area contributed by atoms with Crippen LogP contribution in [0.4, 0.5) is 11.4 Å². The number of likely N-dealkylation sites (N-methyl/N-ethyl adjacent to an activating group) is 1. The van der Waals surface area contributed by atoms with Crippen LogP contribution in [0.15, 0.2) is 39.8 Å². The van der Waals surface area contributed by atoms with Gasteiger partial charge < -0.3 is 4.90 Å². The Labute approximate surface area is 145 Å². The quantitative estimate of drug-likeness (QED) is 0.733. The molecule has 0 fully saturated rings. The zero-order valence-corrected chi connectivity index (χ0v) is 15.6. The van der Waals surface area contributed by atoms with Crippen molar-refractivity contribution in [1.82, 2.24) is 4.98 Å². The van der Waals surface area contributed by atoms with Gasteiger partial charge in [0, 0.05) is 13.6 Å². The highest BCUT2D eigenvalue weighted by atomic mass is 79.9. The molecule has 5 nitrogen and oxygen atoms in total. The number of fused-ring (bicyclic) bond motifs is 1. The van der Waals surface area contributed by atoms with E-state index in [2.05, 4.69) is 25.8 Å². The highest BCUT2D eigenvalue weighted by Crippen LogP contribution is 2.38. The average Bonchev–Trinajstić information content (AvgIpc) is 2.48. The van der Waals surface area contributed by atoms with E-state index in [1.165, 1.54) is 4.31 Å². The molecular weight excluding hydrogens is 378 g/mol. The lowest BCUT2D eigenvalue weighted by atomic mass is 10.1. The first kappa shape index (κ1) is 16.3. The van der Waals surface area contributed by atoms with Crippen molar-refractivity contribution in [3.8, 4) is 0 Å². The van der Waals surface area contributed by atoms with Crippen molar-refractivity contribution >= 4 is 37.3 Å². The molecule has 0 radical (unpaired) electrons. The molecule has 7 heteroatoms. The molecule has 3 rings (SSSR count). The Hall–Kier alpha value is -1.60. The van der Waals surface area contributed by atoms with Gasteiger partial charge in [-0.1, -0.05) is 12.1 Å². The Bertz CT molecular complexity index is 868. The van der Waals surface area contributed by atoms with Crippen molar-refractivity contribution in [2.24, 2.45) is 0 Å². The maximum Gasteiger partial charge on any atom is 0.266 e. The van der Waals surface area contributed by atoms with Crippen LogP contribution in [0, 0.1) is 13.8 Å². The molecule has 0 unspecified atom stereocenters. The number of benzene rings is 1. The second-order valence-corrected chi connectivity index (χ2v) is 8.30. The van der Waals surface area contributed by atoms with Gasteiger partial charge in [-0.15, -0.1) is 0 Å². The van der Waals surface area contributed by atoms with Crippen LogP contribution in [0.2, 0.25) is 0 Å². The maximum absolute atomic E-state index is 13.2. The molecule has 1 aromatic heterocycles. The molecule has 2 heterocycles. The molecular formula is C16H18BrN3O2S. The van der Waals surface area contributed by atoms with Gasteiger partial charge in [0.15, 0.2) is 0 Å². The average molecular weight is 396 g/mol. The molecule has 0 amide bonds. The van der Waals surface area contributed by atoms with Crippen LogP contribution in [-0.4, -0.2) is 33.5 Å². The van der Waals surface area contributed by atoms with Crippen LogP contribution >= 0.6 is 15.9 Å². The van der Waals surface area contributed by atoms with Gasteiger partial charge in [-0.05, 0) is 53.5 Å². The van der Waals surface area contributed by atoms with Crippen molar-refractivity contribution < 1.29 is 8.42 Å².